The fraction of sp³-hybridized carbons (Fsp3) is 0.600. The van der Waals surface area contributed by atoms with Gasteiger partial charge in [0, 0.05) is 12.6 Å². The summed E-state index contributed by atoms with van der Waals surface area (Å²) in [6, 6.07) is 7.38. The molecule has 2 N–H and O–H groups in total. The van der Waals surface area contributed by atoms with Gasteiger partial charge in [0.1, 0.15) is 0 Å². The maximum Gasteiger partial charge on any atom is 0.401 e. The van der Waals surface area contributed by atoms with Crippen LogP contribution in [0.25, 0.3) is 0 Å². The van der Waals surface area contributed by atoms with Gasteiger partial charge in [-0.05, 0) is 23.6 Å². The Bertz CT molecular complexity index is 399. The molecule has 1 atom stereocenters. The number of halogens is 3. The van der Waals surface area contributed by atoms with Gasteiger partial charge >= 0.3 is 6.18 Å². The second-order valence-corrected chi connectivity index (χ2v) is 5.37. The molecule has 1 aromatic rings. The SMILES string of the molecule is CCN(CC(N)c1ccc(C(C)C)cc1)CC(F)(F)F. The average molecular weight is 288 g/mol. The van der Waals surface area contributed by atoms with Gasteiger partial charge in [-0.3, -0.25) is 4.90 Å². The predicted molar refractivity (Wildman–Crippen MR) is 75.6 cm³/mol. The lowest BCUT2D eigenvalue weighted by atomic mass is 9.99. The second-order valence-electron chi connectivity index (χ2n) is 5.37. The number of benzene rings is 1. The first-order chi connectivity index (χ1) is 9.23. The number of hydrogen-bond donors (Lipinski definition) is 1. The Labute approximate surface area is 118 Å². The van der Waals surface area contributed by atoms with Gasteiger partial charge in [0.25, 0.3) is 0 Å². The van der Waals surface area contributed by atoms with E-state index in [9.17, 15) is 13.2 Å². The van der Waals surface area contributed by atoms with E-state index in [-0.39, 0.29) is 6.54 Å². The van der Waals surface area contributed by atoms with E-state index in [0.717, 1.165) is 5.56 Å². The van der Waals surface area contributed by atoms with Crippen LogP contribution in [0.1, 0.15) is 43.9 Å². The van der Waals surface area contributed by atoms with Gasteiger partial charge in [-0.25, -0.2) is 0 Å². The minimum Gasteiger partial charge on any atom is -0.323 e. The molecule has 0 saturated carbocycles. The van der Waals surface area contributed by atoms with Crippen LogP contribution in [0, 0.1) is 0 Å². The van der Waals surface area contributed by atoms with Crippen molar-refractivity contribution in [1.29, 1.82) is 0 Å². The highest BCUT2D eigenvalue weighted by molar-refractivity contribution is 5.26. The molecule has 0 aliphatic rings. The molecule has 1 aromatic carbocycles. The molecule has 0 amide bonds. The molecule has 0 bridgehead atoms. The summed E-state index contributed by atoms with van der Waals surface area (Å²) in [5.74, 6) is 0.428. The van der Waals surface area contributed by atoms with Crippen LogP contribution in [-0.2, 0) is 0 Å². The third-order valence-electron chi connectivity index (χ3n) is 3.34. The average Bonchev–Trinajstić information content (AvgIpc) is 2.36. The second kappa shape index (κ2) is 7.09. The molecular formula is C15H23F3N2. The first-order valence-corrected chi connectivity index (χ1v) is 6.87. The van der Waals surface area contributed by atoms with Crippen LogP contribution < -0.4 is 5.73 Å². The van der Waals surface area contributed by atoms with Crippen LogP contribution >= 0.6 is 0 Å². The Morgan fingerprint density at radius 3 is 2.00 bits per heavy atom. The molecule has 5 heteroatoms. The summed E-state index contributed by atoms with van der Waals surface area (Å²) < 4.78 is 37.2. The van der Waals surface area contributed by atoms with E-state index in [1.807, 2.05) is 24.3 Å². The summed E-state index contributed by atoms with van der Waals surface area (Å²) in [6.07, 6.45) is -4.18. The highest BCUT2D eigenvalue weighted by atomic mass is 19.4. The summed E-state index contributed by atoms with van der Waals surface area (Å²) in [4.78, 5) is 1.32. The number of nitrogens with two attached hydrogens (primary N) is 1. The molecule has 0 aliphatic carbocycles. The van der Waals surface area contributed by atoms with Gasteiger partial charge in [-0.1, -0.05) is 45.0 Å². The van der Waals surface area contributed by atoms with Gasteiger partial charge in [0.05, 0.1) is 6.54 Å². The third kappa shape index (κ3) is 5.51. The first-order valence-electron chi connectivity index (χ1n) is 6.87. The van der Waals surface area contributed by atoms with Crippen LogP contribution in [0.5, 0.6) is 0 Å². The lowest BCUT2D eigenvalue weighted by Gasteiger charge is -2.25. The van der Waals surface area contributed by atoms with Crippen molar-refractivity contribution >= 4 is 0 Å². The smallest absolute Gasteiger partial charge is 0.323 e. The summed E-state index contributed by atoms with van der Waals surface area (Å²) >= 11 is 0. The third-order valence-corrected chi connectivity index (χ3v) is 3.34. The minimum absolute atomic E-state index is 0.205. The van der Waals surface area contributed by atoms with E-state index >= 15 is 0 Å². The monoisotopic (exact) mass is 288 g/mol. The van der Waals surface area contributed by atoms with Crippen molar-refractivity contribution in [2.45, 2.75) is 38.9 Å². The molecule has 0 heterocycles. The van der Waals surface area contributed by atoms with Crippen molar-refractivity contribution in [2.75, 3.05) is 19.6 Å². The van der Waals surface area contributed by atoms with Gasteiger partial charge in [0.15, 0.2) is 0 Å². The fourth-order valence-corrected chi connectivity index (χ4v) is 2.07. The highest BCUT2D eigenvalue weighted by Gasteiger charge is 2.30. The Morgan fingerprint density at radius 2 is 1.60 bits per heavy atom. The molecule has 0 aromatic heterocycles. The molecule has 0 fully saturated rings. The maximum atomic E-state index is 12.4. The standard InChI is InChI=1S/C15H23F3N2/c1-4-20(10-15(16,17)18)9-14(19)13-7-5-12(6-8-13)11(2)3/h5-8,11,14H,4,9-10,19H2,1-3H3. The van der Waals surface area contributed by atoms with Crippen molar-refractivity contribution < 1.29 is 13.2 Å². The molecular weight excluding hydrogens is 265 g/mol. The molecule has 0 saturated heterocycles. The Kier molecular flexibility index (Phi) is 6.02. The first kappa shape index (κ1) is 17.0. The molecule has 0 radical (unpaired) electrons. The van der Waals surface area contributed by atoms with Crippen LogP contribution in [-0.4, -0.2) is 30.7 Å². The van der Waals surface area contributed by atoms with Crippen molar-refractivity contribution in [1.82, 2.24) is 4.90 Å². The molecule has 20 heavy (non-hydrogen) atoms. The number of nitrogens with zero attached hydrogens (tertiary/aromatic N) is 1. The van der Waals surface area contributed by atoms with Gasteiger partial charge in [0.2, 0.25) is 0 Å². The lowest BCUT2D eigenvalue weighted by Crippen LogP contribution is -2.38. The zero-order valence-electron chi connectivity index (χ0n) is 12.2. The van der Waals surface area contributed by atoms with Gasteiger partial charge in [-0.15, -0.1) is 0 Å². The number of hydrogen-bond acceptors (Lipinski definition) is 2. The minimum atomic E-state index is -4.18. The Hall–Kier alpha value is -1.07. The Morgan fingerprint density at radius 1 is 1.10 bits per heavy atom. The maximum absolute atomic E-state index is 12.4. The molecule has 114 valence electrons. The fourth-order valence-electron chi connectivity index (χ4n) is 2.07. The van der Waals surface area contributed by atoms with E-state index in [0.29, 0.717) is 12.5 Å². The quantitative estimate of drug-likeness (QED) is 0.865. The lowest BCUT2D eigenvalue weighted by molar-refractivity contribution is -0.145. The normalized spacial score (nSPS) is 14.1. The van der Waals surface area contributed by atoms with E-state index < -0.39 is 18.8 Å². The number of alkyl halides is 3. The predicted octanol–water partition coefficient (Wildman–Crippen LogP) is 3.69. The van der Waals surface area contributed by atoms with E-state index in [4.69, 9.17) is 5.73 Å². The number of rotatable bonds is 6. The summed E-state index contributed by atoms with van der Waals surface area (Å²) in [6.45, 7) is 5.52. The van der Waals surface area contributed by atoms with Gasteiger partial charge < -0.3 is 5.73 Å². The van der Waals surface area contributed by atoms with Crippen LogP contribution in [0.3, 0.4) is 0 Å². The van der Waals surface area contributed by atoms with Crippen LogP contribution in [0.4, 0.5) is 13.2 Å². The zero-order valence-corrected chi connectivity index (χ0v) is 12.2. The summed E-state index contributed by atoms with van der Waals surface area (Å²) in [5.41, 5.74) is 8.08. The zero-order chi connectivity index (χ0) is 15.3. The molecule has 0 aliphatic heterocycles. The highest BCUT2D eigenvalue weighted by Crippen LogP contribution is 2.20. The van der Waals surface area contributed by atoms with Crippen LogP contribution in [0.2, 0.25) is 0 Å². The van der Waals surface area contributed by atoms with E-state index in [1.165, 1.54) is 10.5 Å². The largest absolute Gasteiger partial charge is 0.401 e. The molecule has 1 unspecified atom stereocenters. The van der Waals surface area contributed by atoms with E-state index in [1.54, 1.807) is 6.92 Å². The van der Waals surface area contributed by atoms with Crippen molar-refractivity contribution in [3.8, 4) is 0 Å². The van der Waals surface area contributed by atoms with Gasteiger partial charge in [-0.2, -0.15) is 13.2 Å². The molecule has 2 nitrogen and oxygen atoms in total. The topological polar surface area (TPSA) is 29.3 Å². The molecule has 0 spiro atoms. The van der Waals surface area contributed by atoms with E-state index in [2.05, 4.69) is 13.8 Å². The summed E-state index contributed by atoms with van der Waals surface area (Å²) in [5, 5.41) is 0. The van der Waals surface area contributed by atoms with Crippen LogP contribution in [0.15, 0.2) is 24.3 Å². The summed E-state index contributed by atoms with van der Waals surface area (Å²) in [7, 11) is 0. The Balaban J connectivity index is 2.66. The number of likely N-dealkylation sites (N-methyl/N-ethyl adjacent to an activating group) is 1. The van der Waals surface area contributed by atoms with Crippen molar-refractivity contribution in [3.05, 3.63) is 35.4 Å². The van der Waals surface area contributed by atoms with Crippen molar-refractivity contribution in [3.63, 3.8) is 0 Å². The van der Waals surface area contributed by atoms with Crippen molar-refractivity contribution in [2.24, 2.45) is 5.73 Å². The molecule has 1 rings (SSSR count).